The van der Waals surface area contributed by atoms with Crippen molar-refractivity contribution in [3.8, 4) is 0 Å². The molecule has 78 valence electrons. The third-order valence-corrected chi connectivity index (χ3v) is 1.58. The van der Waals surface area contributed by atoms with E-state index in [4.69, 9.17) is 0 Å². The summed E-state index contributed by atoms with van der Waals surface area (Å²) in [4.78, 5) is 21.9. The predicted molar refractivity (Wildman–Crippen MR) is 42.0 cm³/mol. The molecule has 1 aromatic heterocycles. The average molecular weight is 208 g/mol. The minimum absolute atomic E-state index is 0.336. The van der Waals surface area contributed by atoms with Crippen molar-refractivity contribution < 1.29 is 13.2 Å². The van der Waals surface area contributed by atoms with Gasteiger partial charge in [-0.2, -0.15) is 13.2 Å². The van der Waals surface area contributed by atoms with Gasteiger partial charge in [0.25, 0.3) is 0 Å². The highest BCUT2D eigenvalue weighted by atomic mass is 19.4. The molecule has 1 heterocycles. The van der Waals surface area contributed by atoms with Crippen molar-refractivity contribution in [3.63, 3.8) is 0 Å². The average Bonchev–Trinajstić information content (AvgIpc) is 2.04. The van der Waals surface area contributed by atoms with Crippen LogP contribution in [0.15, 0.2) is 22.0 Å². The Hall–Kier alpha value is -1.53. The van der Waals surface area contributed by atoms with Crippen molar-refractivity contribution >= 4 is 0 Å². The van der Waals surface area contributed by atoms with Crippen LogP contribution in [0.25, 0.3) is 0 Å². The predicted octanol–water partition coefficient (Wildman–Crippen LogP) is 0.109. The molecule has 0 aliphatic rings. The smallest absolute Gasteiger partial charge is 0.312 e. The lowest BCUT2D eigenvalue weighted by Crippen LogP contribution is -2.41. The van der Waals surface area contributed by atoms with Crippen molar-refractivity contribution in [1.29, 1.82) is 0 Å². The topological polar surface area (TPSA) is 44.0 Å². The zero-order valence-electron chi connectivity index (χ0n) is 7.21. The molecule has 14 heavy (non-hydrogen) atoms. The fourth-order valence-electron chi connectivity index (χ4n) is 0.907. The Bertz CT molecular complexity index is 443. The highest BCUT2D eigenvalue weighted by Gasteiger charge is 2.28. The lowest BCUT2D eigenvalue weighted by atomic mass is 10.5. The highest BCUT2D eigenvalue weighted by molar-refractivity contribution is 4.85. The summed E-state index contributed by atoms with van der Waals surface area (Å²) in [5, 5.41) is 0. The molecule has 0 bridgehead atoms. The van der Waals surface area contributed by atoms with Gasteiger partial charge < -0.3 is 9.13 Å². The molecule has 0 amide bonds. The third-order valence-electron chi connectivity index (χ3n) is 1.58. The standard InChI is InChI=1S/C7H7F3N2O2/c1-11-2-3-12(4-7(8,9)10)6(14)5(11)13/h2-3H,4H2,1H3. The van der Waals surface area contributed by atoms with Gasteiger partial charge in [-0.05, 0) is 0 Å². The molecular formula is C7H7F3N2O2. The monoisotopic (exact) mass is 208 g/mol. The third kappa shape index (κ3) is 2.24. The number of alkyl halides is 3. The zero-order chi connectivity index (χ0) is 10.9. The number of aromatic nitrogens is 2. The van der Waals surface area contributed by atoms with Gasteiger partial charge in [0.15, 0.2) is 0 Å². The molecule has 0 aliphatic heterocycles. The molecule has 1 aromatic rings. The van der Waals surface area contributed by atoms with Crippen LogP contribution >= 0.6 is 0 Å². The Balaban J connectivity index is 3.20. The lowest BCUT2D eigenvalue weighted by molar-refractivity contribution is -0.141. The van der Waals surface area contributed by atoms with Crippen molar-refractivity contribution in [1.82, 2.24) is 9.13 Å². The first-order valence-corrected chi connectivity index (χ1v) is 3.64. The van der Waals surface area contributed by atoms with Gasteiger partial charge >= 0.3 is 17.3 Å². The van der Waals surface area contributed by atoms with Gasteiger partial charge in [-0.1, -0.05) is 0 Å². The molecule has 0 saturated carbocycles. The molecule has 0 aliphatic carbocycles. The summed E-state index contributed by atoms with van der Waals surface area (Å²) < 4.78 is 36.9. The van der Waals surface area contributed by atoms with Crippen molar-refractivity contribution in [2.45, 2.75) is 12.7 Å². The minimum Gasteiger partial charge on any atom is -0.312 e. The van der Waals surface area contributed by atoms with Gasteiger partial charge in [-0.15, -0.1) is 0 Å². The van der Waals surface area contributed by atoms with Gasteiger partial charge in [0, 0.05) is 19.4 Å². The lowest BCUT2D eigenvalue weighted by Gasteiger charge is -2.08. The molecule has 0 aromatic carbocycles. The molecule has 7 heteroatoms. The van der Waals surface area contributed by atoms with Crippen LogP contribution in [0.2, 0.25) is 0 Å². The van der Waals surface area contributed by atoms with Crippen LogP contribution in [-0.2, 0) is 13.6 Å². The molecule has 0 atom stereocenters. The normalized spacial score (nSPS) is 11.7. The van der Waals surface area contributed by atoms with Gasteiger partial charge in [0.1, 0.15) is 6.54 Å². The maximum atomic E-state index is 11.9. The maximum Gasteiger partial charge on any atom is 0.406 e. The van der Waals surface area contributed by atoms with Gasteiger partial charge in [-0.25, -0.2) is 0 Å². The van der Waals surface area contributed by atoms with Crippen LogP contribution in [0.5, 0.6) is 0 Å². The molecule has 0 radical (unpaired) electrons. The first kappa shape index (κ1) is 10.6. The van der Waals surface area contributed by atoms with E-state index in [2.05, 4.69) is 0 Å². The quantitative estimate of drug-likeness (QED) is 0.615. The largest absolute Gasteiger partial charge is 0.406 e. The van der Waals surface area contributed by atoms with Crippen LogP contribution in [0.4, 0.5) is 13.2 Å². The van der Waals surface area contributed by atoms with Crippen LogP contribution in [0, 0.1) is 0 Å². The minimum atomic E-state index is -4.50. The SMILES string of the molecule is Cn1ccn(CC(F)(F)F)c(=O)c1=O. The summed E-state index contributed by atoms with van der Waals surface area (Å²) in [7, 11) is 1.29. The molecule has 0 saturated heterocycles. The van der Waals surface area contributed by atoms with Crippen LogP contribution in [-0.4, -0.2) is 15.3 Å². The van der Waals surface area contributed by atoms with E-state index >= 15 is 0 Å². The molecule has 0 spiro atoms. The van der Waals surface area contributed by atoms with Crippen molar-refractivity contribution in [2.75, 3.05) is 0 Å². The summed E-state index contributed by atoms with van der Waals surface area (Å²) in [5.41, 5.74) is -2.15. The fourth-order valence-corrected chi connectivity index (χ4v) is 0.907. The Kier molecular flexibility index (Phi) is 2.50. The summed E-state index contributed by atoms with van der Waals surface area (Å²) in [6.07, 6.45) is -2.47. The molecule has 4 nitrogen and oxygen atoms in total. The summed E-state index contributed by atoms with van der Waals surface area (Å²) >= 11 is 0. The van der Waals surface area contributed by atoms with E-state index in [1.165, 1.54) is 7.05 Å². The molecule has 1 rings (SSSR count). The van der Waals surface area contributed by atoms with Crippen molar-refractivity contribution in [3.05, 3.63) is 33.1 Å². The molecule has 0 N–H and O–H groups in total. The Labute approximate surface area is 76.2 Å². The van der Waals surface area contributed by atoms with E-state index in [0.717, 1.165) is 17.0 Å². The van der Waals surface area contributed by atoms with E-state index in [9.17, 15) is 22.8 Å². The van der Waals surface area contributed by atoms with Gasteiger partial charge in [0.2, 0.25) is 0 Å². The molecule has 0 fully saturated rings. The zero-order valence-corrected chi connectivity index (χ0v) is 7.21. The second-order valence-electron chi connectivity index (χ2n) is 2.76. The Morgan fingerprint density at radius 1 is 1.21 bits per heavy atom. The summed E-state index contributed by atoms with van der Waals surface area (Å²) in [6.45, 7) is -1.44. The molecule has 0 unspecified atom stereocenters. The first-order valence-electron chi connectivity index (χ1n) is 3.64. The van der Waals surface area contributed by atoms with Crippen LogP contribution < -0.4 is 11.1 Å². The highest BCUT2D eigenvalue weighted by Crippen LogP contribution is 2.15. The number of rotatable bonds is 1. The van der Waals surface area contributed by atoms with E-state index in [-0.39, 0.29) is 0 Å². The van der Waals surface area contributed by atoms with E-state index in [1.807, 2.05) is 0 Å². The Morgan fingerprint density at radius 3 is 2.29 bits per heavy atom. The van der Waals surface area contributed by atoms with Crippen LogP contribution in [0.1, 0.15) is 0 Å². The van der Waals surface area contributed by atoms with E-state index < -0.39 is 23.8 Å². The van der Waals surface area contributed by atoms with Crippen molar-refractivity contribution in [2.24, 2.45) is 7.05 Å². The second kappa shape index (κ2) is 3.32. The number of hydrogen-bond donors (Lipinski definition) is 0. The number of nitrogens with zero attached hydrogens (tertiary/aromatic N) is 2. The summed E-state index contributed by atoms with van der Waals surface area (Å²) in [5.74, 6) is 0. The fraction of sp³-hybridized carbons (Fsp3) is 0.429. The number of halogens is 3. The van der Waals surface area contributed by atoms with Gasteiger partial charge in [-0.3, -0.25) is 9.59 Å². The molecular weight excluding hydrogens is 201 g/mol. The Morgan fingerprint density at radius 2 is 1.79 bits per heavy atom. The second-order valence-corrected chi connectivity index (χ2v) is 2.76. The first-order chi connectivity index (χ1) is 6.31. The number of hydrogen-bond acceptors (Lipinski definition) is 2. The van der Waals surface area contributed by atoms with E-state index in [1.54, 1.807) is 0 Å². The number of aryl methyl sites for hydroxylation is 1. The summed E-state index contributed by atoms with van der Waals surface area (Å²) in [6, 6.07) is 0. The van der Waals surface area contributed by atoms with E-state index in [0.29, 0.717) is 4.57 Å². The maximum absolute atomic E-state index is 11.9. The van der Waals surface area contributed by atoms with Crippen LogP contribution in [0.3, 0.4) is 0 Å². The van der Waals surface area contributed by atoms with Gasteiger partial charge in [0.05, 0.1) is 0 Å².